The summed E-state index contributed by atoms with van der Waals surface area (Å²) in [5.41, 5.74) is 9.70. The van der Waals surface area contributed by atoms with Crippen molar-refractivity contribution in [2.45, 2.75) is 58.0 Å². The maximum Gasteiger partial charge on any atom is 0.249 e. The second kappa shape index (κ2) is 12.3. The molecule has 0 spiro atoms. The van der Waals surface area contributed by atoms with Crippen molar-refractivity contribution < 1.29 is 14.4 Å². The molecule has 0 radical (unpaired) electrons. The first kappa shape index (κ1) is 25.4. The number of likely N-dealkylation sites (N-methyl/N-ethyl adjacent to an activating group) is 1. The third kappa shape index (κ3) is 6.88. The largest absolute Gasteiger partial charge is 0.508 e. The van der Waals surface area contributed by atoms with E-state index in [-0.39, 0.29) is 11.7 Å². The van der Waals surface area contributed by atoms with E-state index >= 15 is 0 Å². The first-order valence-electron chi connectivity index (χ1n) is 11.7. The summed E-state index contributed by atoms with van der Waals surface area (Å²) in [5, 5.41) is 20.2. The van der Waals surface area contributed by atoms with Crippen LogP contribution in [0.2, 0.25) is 0 Å². The van der Waals surface area contributed by atoms with E-state index in [4.69, 9.17) is 10.3 Å². The van der Waals surface area contributed by atoms with Crippen LogP contribution in [0.15, 0.2) is 47.0 Å². The molecule has 0 aliphatic heterocycles. The van der Waals surface area contributed by atoms with Gasteiger partial charge in [-0.3, -0.25) is 4.79 Å². The van der Waals surface area contributed by atoms with Crippen molar-refractivity contribution in [3.8, 4) is 5.75 Å². The Bertz CT molecular complexity index is 1040. The zero-order chi connectivity index (χ0) is 24.5. The first-order chi connectivity index (χ1) is 16.4. The number of carbonyl (C=O) groups excluding carboxylic acids is 1. The summed E-state index contributed by atoms with van der Waals surface area (Å²) in [4.78, 5) is 17.8. The Labute approximate surface area is 201 Å². The summed E-state index contributed by atoms with van der Waals surface area (Å²) in [5.74, 6) is 1.07. The standard InChI is InChI=1S/C26H35N5O3/c1-17-13-20(32)14-18(2)21(17)16-23(28-3)25(33)29-22(11-7-8-12-27)26-30-24(31-34-26)15-19-9-5-4-6-10-19/h4-6,9-10,13-14,22-23,28,32H,7-8,11-12,15-16,27H2,1-3H3,(H,29,33)/t22-,23+/m1/s1. The quantitative estimate of drug-likeness (QED) is 0.303. The molecular weight excluding hydrogens is 430 g/mol. The molecule has 34 heavy (non-hydrogen) atoms. The van der Waals surface area contributed by atoms with Crippen LogP contribution in [0.1, 0.15) is 59.3 Å². The number of aromatic nitrogens is 2. The second-order valence-electron chi connectivity index (χ2n) is 8.66. The molecule has 2 aromatic carbocycles. The molecule has 0 fully saturated rings. The maximum atomic E-state index is 13.2. The molecule has 5 N–H and O–H groups in total. The highest BCUT2D eigenvalue weighted by molar-refractivity contribution is 5.82. The predicted molar refractivity (Wildman–Crippen MR) is 131 cm³/mol. The monoisotopic (exact) mass is 465 g/mol. The summed E-state index contributed by atoms with van der Waals surface area (Å²) >= 11 is 0. The van der Waals surface area contributed by atoms with Crippen LogP contribution in [-0.4, -0.2) is 40.8 Å². The molecule has 0 bridgehead atoms. The highest BCUT2D eigenvalue weighted by atomic mass is 16.5. The van der Waals surface area contributed by atoms with Gasteiger partial charge in [0.2, 0.25) is 11.8 Å². The van der Waals surface area contributed by atoms with Crippen molar-refractivity contribution >= 4 is 5.91 Å². The lowest BCUT2D eigenvalue weighted by Gasteiger charge is -2.22. The minimum absolute atomic E-state index is 0.144. The van der Waals surface area contributed by atoms with E-state index in [0.717, 1.165) is 35.1 Å². The van der Waals surface area contributed by atoms with Gasteiger partial charge in [0, 0.05) is 6.42 Å². The average Bonchev–Trinajstić information content (AvgIpc) is 3.27. The summed E-state index contributed by atoms with van der Waals surface area (Å²) in [7, 11) is 1.77. The van der Waals surface area contributed by atoms with Gasteiger partial charge in [0.15, 0.2) is 5.82 Å². The van der Waals surface area contributed by atoms with E-state index in [0.29, 0.717) is 37.5 Å². The summed E-state index contributed by atoms with van der Waals surface area (Å²) in [6, 6.07) is 12.5. The number of nitrogens with one attached hydrogen (secondary N) is 2. The van der Waals surface area contributed by atoms with Gasteiger partial charge in [-0.25, -0.2) is 0 Å². The van der Waals surface area contributed by atoms with Gasteiger partial charge in [-0.2, -0.15) is 4.98 Å². The van der Waals surface area contributed by atoms with Gasteiger partial charge in [-0.1, -0.05) is 35.5 Å². The zero-order valence-electron chi connectivity index (χ0n) is 20.2. The van der Waals surface area contributed by atoms with Gasteiger partial charge >= 0.3 is 0 Å². The number of nitrogens with zero attached hydrogens (tertiary/aromatic N) is 2. The summed E-state index contributed by atoms with van der Waals surface area (Å²) in [6.45, 7) is 4.46. The Hall–Kier alpha value is -3.23. The molecule has 1 aromatic heterocycles. The number of rotatable bonds is 12. The van der Waals surface area contributed by atoms with E-state index in [9.17, 15) is 9.90 Å². The lowest BCUT2D eigenvalue weighted by molar-refractivity contribution is -0.124. The number of unbranched alkanes of at least 4 members (excludes halogenated alkanes) is 1. The Balaban J connectivity index is 1.73. The van der Waals surface area contributed by atoms with Crippen LogP contribution in [0, 0.1) is 13.8 Å². The summed E-state index contributed by atoms with van der Waals surface area (Å²) < 4.78 is 5.56. The predicted octanol–water partition coefficient (Wildman–Crippen LogP) is 3.10. The van der Waals surface area contributed by atoms with Gasteiger partial charge in [0.25, 0.3) is 0 Å². The number of aromatic hydroxyl groups is 1. The SMILES string of the molecule is CN[C@@H](Cc1c(C)cc(O)cc1C)C(=O)N[C@H](CCCCN)c1nc(Cc2ccccc2)no1. The van der Waals surface area contributed by atoms with Gasteiger partial charge in [-0.15, -0.1) is 0 Å². The minimum Gasteiger partial charge on any atom is -0.508 e. The van der Waals surface area contributed by atoms with Crippen LogP contribution in [0.25, 0.3) is 0 Å². The maximum absolute atomic E-state index is 13.2. The Morgan fingerprint density at radius 2 is 1.85 bits per heavy atom. The fourth-order valence-electron chi connectivity index (χ4n) is 4.10. The fraction of sp³-hybridized carbons (Fsp3) is 0.423. The van der Waals surface area contributed by atoms with E-state index in [1.807, 2.05) is 44.2 Å². The first-order valence-corrected chi connectivity index (χ1v) is 11.7. The molecule has 0 aliphatic rings. The van der Waals surface area contributed by atoms with E-state index in [2.05, 4.69) is 20.8 Å². The van der Waals surface area contributed by atoms with E-state index in [1.54, 1.807) is 19.2 Å². The Kier molecular flexibility index (Phi) is 9.18. The highest BCUT2D eigenvalue weighted by Gasteiger charge is 2.26. The number of hydrogen-bond donors (Lipinski definition) is 4. The minimum atomic E-state index is -0.453. The molecule has 3 rings (SSSR count). The highest BCUT2D eigenvalue weighted by Crippen LogP contribution is 2.23. The fourth-order valence-corrected chi connectivity index (χ4v) is 4.10. The van der Waals surface area contributed by atoms with Crippen LogP contribution in [-0.2, 0) is 17.6 Å². The van der Waals surface area contributed by atoms with Crippen LogP contribution in [0.5, 0.6) is 5.75 Å². The normalized spacial score (nSPS) is 12.9. The number of aryl methyl sites for hydroxylation is 2. The van der Waals surface area contributed by atoms with E-state index in [1.165, 1.54) is 0 Å². The molecule has 1 heterocycles. The van der Waals surface area contributed by atoms with Crippen LogP contribution in [0.4, 0.5) is 0 Å². The molecule has 8 nitrogen and oxygen atoms in total. The number of nitrogens with two attached hydrogens (primary N) is 1. The summed E-state index contributed by atoms with van der Waals surface area (Å²) in [6.07, 6.45) is 3.39. The average molecular weight is 466 g/mol. The van der Waals surface area contributed by atoms with Crippen molar-refractivity contribution in [2.75, 3.05) is 13.6 Å². The second-order valence-corrected chi connectivity index (χ2v) is 8.66. The number of phenols is 1. The molecule has 8 heteroatoms. The van der Waals surface area contributed by atoms with Gasteiger partial charge in [0.1, 0.15) is 11.8 Å². The van der Waals surface area contributed by atoms with Gasteiger partial charge in [0.05, 0.1) is 6.04 Å². The third-order valence-corrected chi connectivity index (χ3v) is 6.00. The molecular formula is C26H35N5O3. The lowest BCUT2D eigenvalue weighted by Crippen LogP contribution is -2.45. The Morgan fingerprint density at radius 1 is 1.15 bits per heavy atom. The Morgan fingerprint density at radius 3 is 2.50 bits per heavy atom. The topological polar surface area (TPSA) is 126 Å². The van der Waals surface area contributed by atoms with Gasteiger partial charge in [-0.05, 0) is 87.5 Å². The zero-order valence-corrected chi connectivity index (χ0v) is 20.2. The molecule has 0 saturated carbocycles. The van der Waals surface area contributed by atoms with Crippen molar-refractivity contribution in [3.05, 3.63) is 76.4 Å². The smallest absolute Gasteiger partial charge is 0.249 e. The van der Waals surface area contributed by atoms with Crippen LogP contribution < -0.4 is 16.4 Å². The molecule has 0 unspecified atom stereocenters. The number of hydrogen-bond acceptors (Lipinski definition) is 7. The number of carbonyl (C=O) groups is 1. The number of phenolic OH excluding ortho intramolecular Hbond substituents is 1. The molecule has 0 saturated heterocycles. The molecule has 3 aromatic rings. The van der Waals surface area contributed by atoms with Gasteiger partial charge < -0.3 is 26.0 Å². The third-order valence-electron chi connectivity index (χ3n) is 6.00. The van der Waals surface area contributed by atoms with Crippen molar-refractivity contribution in [1.29, 1.82) is 0 Å². The molecule has 2 atom stereocenters. The lowest BCUT2D eigenvalue weighted by atomic mass is 9.95. The molecule has 0 aliphatic carbocycles. The van der Waals surface area contributed by atoms with Crippen LogP contribution >= 0.6 is 0 Å². The van der Waals surface area contributed by atoms with Crippen molar-refractivity contribution in [2.24, 2.45) is 5.73 Å². The molecule has 182 valence electrons. The number of amides is 1. The number of benzene rings is 2. The van der Waals surface area contributed by atoms with Crippen molar-refractivity contribution in [1.82, 2.24) is 20.8 Å². The van der Waals surface area contributed by atoms with E-state index < -0.39 is 12.1 Å². The van der Waals surface area contributed by atoms with Crippen molar-refractivity contribution in [3.63, 3.8) is 0 Å². The molecule has 1 amide bonds. The van der Waals surface area contributed by atoms with Crippen LogP contribution in [0.3, 0.4) is 0 Å².